The number of halogens is 1. The summed E-state index contributed by atoms with van der Waals surface area (Å²) in [5, 5.41) is 0. The number of aromatic nitrogens is 1. The fraction of sp³-hybridized carbons (Fsp3) is 0.500. The highest BCUT2D eigenvalue weighted by molar-refractivity contribution is 9.10. The van der Waals surface area contributed by atoms with Crippen LogP contribution in [0.25, 0.3) is 0 Å². The molecule has 0 radical (unpaired) electrons. The normalized spacial score (nSPS) is 17.6. The highest BCUT2D eigenvalue weighted by Gasteiger charge is 2.16. The Labute approximate surface area is 86.5 Å². The fourth-order valence-electron chi connectivity index (χ4n) is 1.63. The minimum atomic E-state index is 0.419. The molecule has 1 aliphatic rings. The molecule has 0 saturated heterocycles. The van der Waals surface area contributed by atoms with Crippen LogP contribution >= 0.6 is 15.9 Å². The highest BCUT2D eigenvalue weighted by atomic mass is 79.9. The zero-order valence-corrected chi connectivity index (χ0v) is 8.96. The van der Waals surface area contributed by atoms with Gasteiger partial charge in [0.1, 0.15) is 10.4 Å². The van der Waals surface area contributed by atoms with Crippen molar-refractivity contribution in [3.63, 3.8) is 0 Å². The monoisotopic (exact) mass is 241 g/mol. The van der Waals surface area contributed by atoms with E-state index in [4.69, 9.17) is 4.74 Å². The zero-order valence-electron chi connectivity index (χ0n) is 7.37. The van der Waals surface area contributed by atoms with Crippen LogP contribution in [0.4, 0.5) is 0 Å². The van der Waals surface area contributed by atoms with E-state index in [2.05, 4.69) is 20.9 Å². The second kappa shape index (κ2) is 4.09. The Morgan fingerprint density at radius 1 is 1.31 bits per heavy atom. The first kappa shape index (κ1) is 9.00. The molecule has 1 aromatic heterocycles. The van der Waals surface area contributed by atoms with Crippen LogP contribution in [-0.2, 0) is 0 Å². The summed E-state index contributed by atoms with van der Waals surface area (Å²) in [5.74, 6) is 0.884. The highest BCUT2D eigenvalue weighted by Crippen LogP contribution is 2.23. The average molecular weight is 242 g/mol. The van der Waals surface area contributed by atoms with Crippen molar-refractivity contribution in [2.75, 3.05) is 0 Å². The smallest absolute Gasteiger partial charge is 0.138 e. The molecule has 0 atom stereocenters. The summed E-state index contributed by atoms with van der Waals surface area (Å²) in [5.41, 5.74) is 0. The number of ether oxygens (including phenoxy) is 1. The van der Waals surface area contributed by atoms with E-state index < -0.39 is 0 Å². The number of rotatable bonds is 2. The van der Waals surface area contributed by atoms with E-state index in [1.54, 1.807) is 6.20 Å². The molecule has 1 fully saturated rings. The molecule has 0 spiro atoms. The molecule has 13 heavy (non-hydrogen) atoms. The SMILES string of the molecule is Brc1ccc(OC2CCCC2)cn1. The number of hydrogen-bond acceptors (Lipinski definition) is 2. The van der Waals surface area contributed by atoms with Crippen molar-refractivity contribution in [1.29, 1.82) is 0 Å². The summed E-state index contributed by atoms with van der Waals surface area (Å²) in [6.45, 7) is 0. The first-order valence-corrected chi connectivity index (χ1v) is 5.42. The van der Waals surface area contributed by atoms with Crippen LogP contribution in [0.15, 0.2) is 22.9 Å². The maximum absolute atomic E-state index is 5.75. The van der Waals surface area contributed by atoms with Gasteiger partial charge in [-0.2, -0.15) is 0 Å². The maximum atomic E-state index is 5.75. The Hall–Kier alpha value is -0.570. The summed E-state index contributed by atoms with van der Waals surface area (Å²) in [4.78, 5) is 4.11. The summed E-state index contributed by atoms with van der Waals surface area (Å²) in [7, 11) is 0. The van der Waals surface area contributed by atoms with Gasteiger partial charge < -0.3 is 4.74 Å². The van der Waals surface area contributed by atoms with E-state index in [0.29, 0.717) is 6.10 Å². The molecule has 70 valence electrons. The molecule has 0 aromatic carbocycles. The largest absolute Gasteiger partial charge is 0.489 e. The summed E-state index contributed by atoms with van der Waals surface area (Å²) < 4.78 is 6.60. The van der Waals surface area contributed by atoms with E-state index in [1.807, 2.05) is 12.1 Å². The Bertz CT molecular complexity index is 267. The third-order valence-corrected chi connectivity index (χ3v) is 2.77. The van der Waals surface area contributed by atoms with Gasteiger partial charge in [0.05, 0.1) is 12.3 Å². The quantitative estimate of drug-likeness (QED) is 0.743. The summed E-state index contributed by atoms with van der Waals surface area (Å²) in [6.07, 6.45) is 7.17. The van der Waals surface area contributed by atoms with Gasteiger partial charge in [-0.25, -0.2) is 4.98 Å². The molecule has 0 unspecified atom stereocenters. The van der Waals surface area contributed by atoms with Crippen molar-refractivity contribution in [3.8, 4) is 5.75 Å². The maximum Gasteiger partial charge on any atom is 0.138 e. The van der Waals surface area contributed by atoms with Crippen LogP contribution in [0.3, 0.4) is 0 Å². The lowest BCUT2D eigenvalue weighted by atomic mass is 10.3. The van der Waals surface area contributed by atoms with Gasteiger partial charge in [0.25, 0.3) is 0 Å². The molecule has 1 aromatic rings. The van der Waals surface area contributed by atoms with Crippen LogP contribution in [0, 0.1) is 0 Å². The molecule has 0 aliphatic heterocycles. The van der Waals surface area contributed by atoms with Crippen molar-refractivity contribution < 1.29 is 4.74 Å². The Balaban J connectivity index is 1.97. The van der Waals surface area contributed by atoms with Gasteiger partial charge in [0, 0.05) is 0 Å². The van der Waals surface area contributed by atoms with Crippen LogP contribution in [0.5, 0.6) is 5.75 Å². The Morgan fingerprint density at radius 2 is 2.08 bits per heavy atom. The van der Waals surface area contributed by atoms with Crippen molar-refractivity contribution >= 4 is 15.9 Å². The molecule has 3 heteroatoms. The molecule has 2 nitrogen and oxygen atoms in total. The third kappa shape index (κ3) is 2.44. The van der Waals surface area contributed by atoms with Crippen LogP contribution in [-0.4, -0.2) is 11.1 Å². The van der Waals surface area contributed by atoms with Gasteiger partial charge in [-0.1, -0.05) is 0 Å². The summed E-state index contributed by atoms with van der Waals surface area (Å²) >= 11 is 3.29. The lowest BCUT2D eigenvalue weighted by Crippen LogP contribution is -2.10. The van der Waals surface area contributed by atoms with Gasteiger partial charge in [-0.3, -0.25) is 0 Å². The fourth-order valence-corrected chi connectivity index (χ4v) is 1.87. The first-order chi connectivity index (χ1) is 6.34. The zero-order chi connectivity index (χ0) is 9.10. The lowest BCUT2D eigenvalue weighted by molar-refractivity contribution is 0.209. The van der Waals surface area contributed by atoms with E-state index >= 15 is 0 Å². The molecule has 0 bridgehead atoms. The lowest BCUT2D eigenvalue weighted by Gasteiger charge is -2.11. The van der Waals surface area contributed by atoms with Gasteiger partial charge in [0.15, 0.2) is 0 Å². The standard InChI is InChI=1S/C10H12BrNO/c11-10-6-5-9(7-12-10)13-8-3-1-2-4-8/h5-8H,1-4H2. The van der Waals surface area contributed by atoms with Gasteiger partial charge >= 0.3 is 0 Å². The molecule has 2 rings (SSSR count). The van der Waals surface area contributed by atoms with Crippen molar-refractivity contribution in [3.05, 3.63) is 22.9 Å². The van der Waals surface area contributed by atoms with E-state index in [9.17, 15) is 0 Å². The topological polar surface area (TPSA) is 22.1 Å². The van der Waals surface area contributed by atoms with E-state index in [1.165, 1.54) is 25.7 Å². The molecular weight excluding hydrogens is 230 g/mol. The van der Waals surface area contributed by atoms with E-state index in [0.717, 1.165) is 10.4 Å². The number of nitrogens with zero attached hydrogens (tertiary/aromatic N) is 1. The third-order valence-electron chi connectivity index (χ3n) is 2.31. The molecule has 1 aliphatic carbocycles. The average Bonchev–Trinajstić information content (AvgIpc) is 2.62. The molecule has 0 amide bonds. The predicted octanol–water partition coefficient (Wildman–Crippen LogP) is 3.17. The first-order valence-electron chi connectivity index (χ1n) is 4.63. The van der Waals surface area contributed by atoms with E-state index in [-0.39, 0.29) is 0 Å². The predicted molar refractivity (Wildman–Crippen MR) is 54.8 cm³/mol. The Kier molecular flexibility index (Phi) is 2.83. The number of pyridine rings is 1. The van der Waals surface area contributed by atoms with Gasteiger partial charge in [0.2, 0.25) is 0 Å². The van der Waals surface area contributed by atoms with Crippen molar-refractivity contribution in [2.45, 2.75) is 31.8 Å². The molecule has 1 heterocycles. The van der Waals surface area contributed by atoms with Crippen molar-refractivity contribution in [2.24, 2.45) is 0 Å². The van der Waals surface area contributed by atoms with Crippen LogP contribution in [0.1, 0.15) is 25.7 Å². The molecule has 0 N–H and O–H groups in total. The van der Waals surface area contributed by atoms with Gasteiger partial charge in [-0.05, 0) is 53.7 Å². The molecule has 1 saturated carbocycles. The number of hydrogen-bond donors (Lipinski definition) is 0. The Morgan fingerprint density at radius 3 is 2.69 bits per heavy atom. The molecular formula is C10H12BrNO. The van der Waals surface area contributed by atoms with Gasteiger partial charge in [-0.15, -0.1) is 0 Å². The van der Waals surface area contributed by atoms with Crippen LogP contribution in [0.2, 0.25) is 0 Å². The minimum absolute atomic E-state index is 0.419. The minimum Gasteiger partial charge on any atom is -0.489 e. The van der Waals surface area contributed by atoms with Crippen LogP contribution < -0.4 is 4.74 Å². The second-order valence-corrected chi connectivity index (χ2v) is 4.15. The summed E-state index contributed by atoms with van der Waals surface area (Å²) in [6, 6.07) is 3.86. The van der Waals surface area contributed by atoms with Crippen molar-refractivity contribution in [1.82, 2.24) is 4.98 Å². The second-order valence-electron chi connectivity index (χ2n) is 3.34.